The minimum atomic E-state index is -0.724. The van der Waals surface area contributed by atoms with Crippen molar-refractivity contribution in [1.29, 1.82) is 0 Å². The standard InChI is InChI=1S/C14H18N4O5/c1-2-11-5-3-4-6-16(11)14(19)15-10-7-12(17(20)21)9-13(8-10)18(22)23/h7-9,11H,2-6H2,1H3,(H,15,19). The fourth-order valence-electron chi connectivity index (χ4n) is 2.77. The number of nitrogens with one attached hydrogen (secondary N) is 1. The Balaban J connectivity index is 2.22. The van der Waals surface area contributed by atoms with E-state index in [-0.39, 0.29) is 17.8 Å². The number of carbonyl (C=O) groups excluding carboxylic acids is 1. The van der Waals surface area contributed by atoms with Crippen molar-refractivity contribution in [2.75, 3.05) is 11.9 Å². The molecule has 124 valence electrons. The van der Waals surface area contributed by atoms with E-state index in [2.05, 4.69) is 5.32 Å². The van der Waals surface area contributed by atoms with Crippen LogP contribution in [-0.2, 0) is 0 Å². The molecule has 1 atom stereocenters. The van der Waals surface area contributed by atoms with Crippen LogP contribution in [0.1, 0.15) is 32.6 Å². The summed E-state index contributed by atoms with van der Waals surface area (Å²) in [6.07, 6.45) is 3.70. The molecule has 1 unspecified atom stereocenters. The number of nitro benzene ring substituents is 2. The third kappa shape index (κ3) is 3.93. The largest absolute Gasteiger partial charge is 0.322 e. The van der Waals surface area contributed by atoms with Crippen molar-refractivity contribution in [2.24, 2.45) is 0 Å². The maximum absolute atomic E-state index is 12.4. The van der Waals surface area contributed by atoms with E-state index in [1.54, 1.807) is 4.90 Å². The van der Waals surface area contributed by atoms with E-state index < -0.39 is 21.2 Å². The molecule has 0 radical (unpaired) electrons. The average Bonchev–Trinajstić information content (AvgIpc) is 2.54. The van der Waals surface area contributed by atoms with Crippen molar-refractivity contribution in [2.45, 2.75) is 38.6 Å². The molecule has 2 rings (SSSR count). The summed E-state index contributed by atoms with van der Waals surface area (Å²) in [7, 11) is 0. The number of anilines is 1. The van der Waals surface area contributed by atoms with Crippen LogP contribution in [0.15, 0.2) is 18.2 Å². The fraction of sp³-hybridized carbons (Fsp3) is 0.500. The zero-order valence-electron chi connectivity index (χ0n) is 12.7. The molecule has 9 nitrogen and oxygen atoms in total. The normalized spacial score (nSPS) is 17.6. The number of piperidine rings is 1. The Labute approximate surface area is 132 Å². The predicted octanol–water partition coefficient (Wildman–Crippen LogP) is 3.30. The lowest BCUT2D eigenvalue weighted by Gasteiger charge is -2.35. The summed E-state index contributed by atoms with van der Waals surface area (Å²) in [5.74, 6) is 0. The number of carbonyl (C=O) groups is 1. The monoisotopic (exact) mass is 322 g/mol. The second kappa shape index (κ2) is 7.03. The molecular formula is C14H18N4O5. The van der Waals surface area contributed by atoms with Crippen LogP contribution in [0.3, 0.4) is 0 Å². The van der Waals surface area contributed by atoms with Gasteiger partial charge in [-0.15, -0.1) is 0 Å². The van der Waals surface area contributed by atoms with Gasteiger partial charge in [0.1, 0.15) is 0 Å². The zero-order chi connectivity index (χ0) is 17.0. The number of amides is 2. The van der Waals surface area contributed by atoms with Crippen molar-refractivity contribution in [1.82, 2.24) is 4.90 Å². The minimum absolute atomic E-state index is 0.0522. The van der Waals surface area contributed by atoms with Crippen LogP contribution in [0, 0.1) is 20.2 Å². The lowest BCUT2D eigenvalue weighted by atomic mass is 10.0. The van der Waals surface area contributed by atoms with Gasteiger partial charge in [-0.05, 0) is 25.7 Å². The molecule has 23 heavy (non-hydrogen) atoms. The highest BCUT2D eigenvalue weighted by Gasteiger charge is 2.26. The fourth-order valence-corrected chi connectivity index (χ4v) is 2.77. The molecular weight excluding hydrogens is 304 g/mol. The van der Waals surface area contributed by atoms with Gasteiger partial charge in [0, 0.05) is 24.7 Å². The van der Waals surface area contributed by atoms with Crippen molar-refractivity contribution < 1.29 is 14.6 Å². The number of hydrogen-bond donors (Lipinski definition) is 1. The highest BCUT2D eigenvalue weighted by molar-refractivity contribution is 5.90. The maximum Gasteiger partial charge on any atom is 0.322 e. The molecule has 9 heteroatoms. The first-order chi connectivity index (χ1) is 10.9. The molecule has 1 saturated heterocycles. The van der Waals surface area contributed by atoms with Crippen molar-refractivity contribution >= 4 is 23.1 Å². The third-order valence-electron chi connectivity index (χ3n) is 3.93. The van der Waals surface area contributed by atoms with Gasteiger partial charge in [-0.25, -0.2) is 4.79 Å². The highest BCUT2D eigenvalue weighted by Crippen LogP contribution is 2.27. The Hall–Kier alpha value is -2.71. The van der Waals surface area contributed by atoms with Crippen molar-refractivity contribution in [3.8, 4) is 0 Å². The molecule has 1 N–H and O–H groups in total. The Bertz CT molecular complexity index is 601. The quantitative estimate of drug-likeness (QED) is 0.673. The van der Waals surface area contributed by atoms with Gasteiger partial charge < -0.3 is 10.2 Å². The molecule has 1 aliphatic rings. The van der Waals surface area contributed by atoms with E-state index in [1.165, 1.54) is 0 Å². The van der Waals surface area contributed by atoms with E-state index in [0.29, 0.717) is 6.54 Å². The number of urea groups is 1. The van der Waals surface area contributed by atoms with Crippen LogP contribution in [-0.4, -0.2) is 33.4 Å². The van der Waals surface area contributed by atoms with Crippen LogP contribution in [0.25, 0.3) is 0 Å². The third-order valence-corrected chi connectivity index (χ3v) is 3.93. The molecule has 0 aromatic heterocycles. The number of nitrogens with zero attached hydrogens (tertiary/aromatic N) is 3. The van der Waals surface area contributed by atoms with Gasteiger partial charge in [0.2, 0.25) is 0 Å². The Kier molecular flexibility index (Phi) is 5.09. The maximum atomic E-state index is 12.4. The summed E-state index contributed by atoms with van der Waals surface area (Å²) in [6, 6.07) is 2.85. The molecule has 1 aliphatic heterocycles. The zero-order valence-corrected chi connectivity index (χ0v) is 12.7. The molecule has 0 spiro atoms. The Morgan fingerprint density at radius 3 is 2.35 bits per heavy atom. The van der Waals surface area contributed by atoms with Gasteiger partial charge in [0.05, 0.1) is 21.6 Å². The number of hydrogen-bond acceptors (Lipinski definition) is 5. The second-order valence-electron chi connectivity index (χ2n) is 5.43. The molecule has 1 aromatic rings. The van der Waals surface area contributed by atoms with Crippen LogP contribution in [0.5, 0.6) is 0 Å². The lowest BCUT2D eigenvalue weighted by molar-refractivity contribution is -0.394. The van der Waals surface area contributed by atoms with Gasteiger partial charge in [-0.3, -0.25) is 20.2 Å². The van der Waals surface area contributed by atoms with Gasteiger partial charge in [-0.1, -0.05) is 6.92 Å². The number of benzene rings is 1. The van der Waals surface area contributed by atoms with Crippen molar-refractivity contribution in [3.05, 3.63) is 38.4 Å². The molecule has 1 heterocycles. The average molecular weight is 322 g/mol. The van der Waals surface area contributed by atoms with E-state index >= 15 is 0 Å². The summed E-state index contributed by atoms with van der Waals surface area (Å²) < 4.78 is 0. The second-order valence-corrected chi connectivity index (χ2v) is 5.43. The van der Waals surface area contributed by atoms with E-state index in [1.807, 2.05) is 6.92 Å². The van der Waals surface area contributed by atoms with Gasteiger partial charge >= 0.3 is 6.03 Å². The van der Waals surface area contributed by atoms with Crippen molar-refractivity contribution in [3.63, 3.8) is 0 Å². The van der Waals surface area contributed by atoms with E-state index in [9.17, 15) is 25.0 Å². The van der Waals surface area contributed by atoms with Gasteiger partial charge in [-0.2, -0.15) is 0 Å². The van der Waals surface area contributed by atoms with Crippen LogP contribution < -0.4 is 5.32 Å². The Morgan fingerprint density at radius 2 is 1.83 bits per heavy atom. The predicted molar refractivity (Wildman–Crippen MR) is 83.4 cm³/mol. The van der Waals surface area contributed by atoms with Gasteiger partial charge in [0.15, 0.2) is 0 Å². The SMILES string of the molecule is CCC1CCCCN1C(=O)Nc1cc([N+](=O)[O-])cc([N+](=O)[O-])c1. The molecule has 0 aliphatic carbocycles. The first-order valence-electron chi connectivity index (χ1n) is 7.44. The topological polar surface area (TPSA) is 119 Å². The van der Waals surface area contributed by atoms with Crippen LogP contribution >= 0.6 is 0 Å². The summed E-state index contributed by atoms with van der Waals surface area (Å²) in [5.41, 5.74) is -0.809. The number of likely N-dealkylation sites (tertiary alicyclic amines) is 1. The molecule has 2 amide bonds. The van der Waals surface area contributed by atoms with E-state index in [0.717, 1.165) is 43.9 Å². The molecule has 0 bridgehead atoms. The highest BCUT2D eigenvalue weighted by atomic mass is 16.6. The van der Waals surface area contributed by atoms with E-state index in [4.69, 9.17) is 0 Å². The minimum Gasteiger partial charge on any atom is -0.322 e. The number of rotatable bonds is 4. The number of nitro groups is 2. The first-order valence-corrected chi connectivity index (χ1v) is 7.44. The smallest absolute Gasteiger partial charge is 0.322 e. The van der Waals surface area contributed by atoms with Crippen LogP contribution in [0.4, 0.5) is 21.9 Å². The summed E-state index contributed by atoms with van der Waals surface area (Å²) >= 11 is 0. The molecule has 1 fully saturated rings. The summed E-state index contributed by atoms with van der Waals surface area (Å²) in [5, 5.41) is 24.3. The van der Waals surface area contributed by atoms with Crippen LogP contribution in [0.2, 0.25) is 0 Å². The summed E-state index contributed by atoms with van der Waals surface area (Å²) in [6.45, 7) is 2.61. The molecule has 1 aromatic carbocycles. The lowest BCUT2D eigenvalue weighted by Crippen LogP contribution is -2.45. The number of non-ortho nitro benzene ring substituents is 2. The molecule has 0 saturated carbocycles. The summed E-state index contributed by atoms with van der Waals surface area (Å²) in [4.78, 5) is 34.4. The van der Waals surface area contributed by atoms with Gasteiger partial charge in [0.25, 0.3) is 11.4 Å². The Morgan fingerprint density at radius 1 is 1.22 bits per heavy atom. The first kappa shape index (κ1) is 16.7.